The summed E-state index contributed by atoms with van der Waals surface area (Å²) in [5.41, 5.74) is 6.04. The van der Waals surface area contributed by atoms with Crippen LogP contribution in [0.15, 0.2) is 35.2 Å². The van der Waals surface area contributed by atoms with Gasteiger partial charge in [-0.1, -0.05) is 0 Å². The normalized spacial score (nSPS) is 9.58. The van der Waals surface area contributed by atoms with Crippen molar-refractivity contribution in [2.24, 2.45) is 0 Å². The average molecular weight is 399 g/mol. The van der Waals surface area contributed by atoms with E-state index in [2.05, 4.69) is 25.3 Å². The first-order chi connectivity index (χ1) is 9.94. The smallest absolute Gasteiger partial charge is 0.263 e. The van der Waals surface area contributed by atoms with E-state index < -0.39 is 10.0 Å². The van der Waals surface area contributed by atoms with E-state index in [4.69, 9.17) is 5.73 Å². The topological polar surface area (TPSA) is 154 Å². The van der Waals surface area contributed by atoms with E-state index in [1.807, 2.05) is 0 Å². The van der Waals surface area contributed by atoms with Crippen LogP contribution in [0.2, 0.25) is 0 Å². The molecule has 2 aromatic rings. The minimum absolute atomic E-state index is 0. The van der Waals surface area contributed by atoms with Crippen molar-refractivity contribution in [2.45, 2.75) is 4.90 Å². The van der Waals surface area contributed by atoms with Gasteiger partial charge >= 0.3 is 0 Å². The number of nitrogen functional groups attached to an aromatic ring is 1. The zero-order chi connectivity index (χ0) is 15.5. The molecule has 0 saturated heterocycles. The van der Waals surface area contributed by atoms with E-state index in [1.165, 1.54) is 30.3 Å². The molecule has 1 aromatic carbocycles. The third-order valence-corrected chi connectivity index (χ3v) is 4.01. The van der Waals surface area contributed by atoms with Gasteiger partial charge in [0.1, 0.15) is 11.6 Å². The number of halogens is 2. The number of hydrogen-bond acceptors (Lipinski definition) is 7. The lowest BCUT2D eigenvalue weighted by Crippen LogP contribution is -2.15. The third kappa shape index (κ3) is 5.89. The Morgan fingerprint density at radius 1 is 0.958 bits per heavy atom. The van der Waals surface area contributed by atoms with Crippen LogP contribution in [0.5, 0.6) is 0 Å². The first-order valence-electron chi connectivity index (χ1n) is 6.07. The highest BCUT2D eigenvalue weighted by atomic mass is 35.5. The molecule has 24 heavy (non-hydrogen) atoms. The molecule has 12 heteroatoms. The van der Waals surface area contributed by atoms with Crippen LogP contribution in [-0.2, 0) is 10.0 Å². The SMILES string of the molecule is CNc1cc(NS(=O)(=O)c2ccc(N)cc2)nc(NC)n1.Cl.Cl.O. The summed E-state index contributed by atoms with van der Waals surface area (Å²) >= 11 is 0. The molecule has 7 N–H and O–H groups in total. The number of hydrogen-bond donors (Lipinski definition) is 4. The van der Waals surface area contributed by atoms with Crippen LogP contribution in [0, 0.1) is 0 Å². The summed E-state index contributed by atoms with van der Waals surface area (Å²) in [7, 11) is -0.405. The standard InChI is InChI=1S/C12H16N6O2S.2ClH.H2O/c1-14-10-7-11(17-12(15-2)16-10)18-21(19,20)9-5-3-8(13)4-6-9;;;/h3-7H,13H2,1-2H3,(H3,14,15,16,17,18);2*1H;1H2. The van der Waals surface area contributed by atoms with Crippen molar-refractivity contribution >= 4 is 58.1 Å². The largest absolute Gasteiger partial charge is 0.412 e. The molecule has 0 amide bonds. The number of nitrogens with one attached hydrogen (secondary N) is 3. The predicted octanol–water partition coefficient (Wildman–Crippen LogP) is 0.962. The lowest BCUT2D eigenvalue weighted by molar-refractivity contribution is 0.601. The van der Waals surface area contributed by atoms with Gasteiger partial charge in [-0.2, -0.15) is 9.97 Å². The highest BCUT2D eigenvalue weighted by Crippen LogP contribution is 2.19. The molecule has 2 rings (SSSR count). The fraction of sp³-hybridized carbons (Fsp3) is 0.167. The lowest BCUT2D eigenvalue weighted by Gasteiger charge is -2.10. The molecule has 9 nitrogen and oxygen atoms in total. The summed E-state index contributed by atoms with van der Waals surface area (Å²) in [5, 5.41) is 5.59. The maximum atomic E-state index is 12.3. The maximum Gasteiger partial charge on any atom is 0.263 e. The molecule has 0 fully saturated rings. The van der Waals surface area contributed by atoms with Crippen LogP contribution in [-0.4, -0.2) is 38.0 Å². The number of nitrogens with zero attached hydrogens (tertiary/aromatic N) is 2. The minimum Gasteiger partial charge on any atom is -0.412 e. The molecular weight excluding hydrogens is 379 g/mol. The van der Waals surface area contributed by atoms with Crippen LogP contribution in [0.4, 0.5) is 23.3 Å². The molecule has 0 radical (unpaired) electrons. The molecule has 0 unspecified atom stereocenters. The Morgan fingerprint density at radius 2 is 1.50 bits per heavy atom. The highest BCUT2D eigenvalue weighted by molar-refractivity contribution is 7.92. The number of aromatic nitrogens is 2. The molecule has 1 heterocycles. The van der Waals surface area contributed by atoms with E-state index in [0.29, 0.717) is 17.5 Å². The van der Waals surface area contributed by atoms with Crippen LogP contribution in [0.25, 0.3) is 0 Å². The van der Waals surface area contributed by atoms with Crippen LogP contribution in [0.1, 0.15) is 0 Å². The van der Waals surface area contributed by atoms with Crippen molar-refractivity contribution in [3.8, 4) is 0 Å². The van der Waals surface area contributed by atoms with Crippen molar-refractivity contribution in [3.05, 3.63) is 30.3 Å². The van der Waals surface area contributed by atoms with Crippen molar-refractivity contribution in [1.82, 2.24) is 9.97 Å². The Kier molecular flexibility index (Phi) is 10.1. The van der Waals surface area contributed by atoms with E-state index in [1.54, 1.807) is 14.1 Å². The monoisotopic (exact) mass is 398 g/mol. The quantitative estimate of drug-likeness (QED) is 0.546. The van der Waals surface area contributed by atoms with Crippen molar-refractivity contribution in [3.63, 3.8) is 0 Å². The van der Waals surface area contributed by atoms with Gasteiger partial charge in [0.25, 0.3) is 10.0 Å². The average Bonchev–Trinajstić information content (AvgIpc) is 2.46. The van der Waals surface area contributed by atoms with Gasteiger partial charge in [0.15, 0.2) is 0 Å². The molecule has 0 bridgehead atoms. The molecule has 0 atom stereocenters. The van der Waals surface area contributed by atoms with Gasteiger partial charge in [-0.25, -0.2) is 8.42 Å². The fourth-order valence-electron chi connectivity index (χ4n) is 1.58. The summed E-state index contributed by atoms with van der Waals surface area (Å²) in [6.07, 6.45) is 0. The van der Waals surface area contributed by atoms with Gasteiger partial charge in [0.2, 0.25) is 5.95 Å². The molecule has 0 saturated carbocycles. The second-order valence-corrected chi connectivity index (χ2v) is 5.82. The predicted molar refractivity (Wildman–Crippen MR) is 101 cm³/mol. The van der Waals surface area contributed by atoms with Gasteiger partial charge < -0.3 is 21.8 Å². The molecule has 0 aliphatic heterocycles. The molecule has 136 valence electrons. The van der Waals surface area contributed by atoms with Gasteiger partial charge in [-0.3, -0.25) is 4.72 Å². The lowest BCUT2D eigenvalue weighted by atomic mass is 10.3. The van der Waals surface area contributed by atoms with Gasteiger partial charge in [0, 0.05) is 25.8 Å². The minimum atomic E-state index is -3.73. The van der Waals surface area contributed by atoms with E-state index >= 15 is 0 Å². The van der Waals surface area contributed by atoms with Crippen molar-refractivity contribution in [1.29, 1.82) is 0 Å². The number of nitrogens with two attached hydrogens (primary N) is 1. The highest BCUT2D eigenvalue weighted by Gasteiger charge is 2.15. The summed E-state index contributed by atoms with van der Waals surface area (Å²) in [5.74, 6) is 0.955. The molecular formula is C12H20Cl2N6O3S. The Labute approximate surface area is 152 Å². The maximum absolute atomic E-state index is 12.3. The van der Waals surface area contributed by atoms with E-state index in [-0.39, 0.29) is 41.0 Å². The van der Waals surface area contributed by atoms with Crippen LogP contribution >= 0.6 is 24.8 Å². The number of anilines is 4. The number of benzene rings is 1. The zero-order valence-electron chi connectivity index (χ0n) is 12.9. The van der Waals surface area contributed by atoms with Crippen molar-refractivity contribution < 1.29 is 13.9 Å². The van der Waals surface area contributed by atoms with Crippen molar-refractivity contribution in [2.75, 3.05) is 35.2 Å². The molecule has 0 aliphatic rings. The molecule has 0 spiro atoms. The molecule has 1 aromatic heterocycles. The van der Waals surface area contributed by atoms with Crippen LogP contribution < -0.4 is 21.1 Å². The fourth-order valence-corrected chi connectivity index (χ4v) is 2.58. The molecule has 0 aliphatic carbocycles. The Bertz CT molecular complexity index is 721. The first-order valence-corrected chi connectivity index (χ1v) is 7.56. The summed E-state index contributed by atoms with van der Waals surface area (Å²) in [6.45, 7) is 0. The summed E-state index contributed by atoms with van der Waals surface area (Å²) in [4.78, 5) is 8.25. The first kappa shape index (κ1) is 24.2. The van der Waals surface area contributed by atoms with Gasteiger partial charge in [-0.05, 0) is 24.3 Å². The second-order valence-electron chi connectivity index (χ2n) is 4.14. The van der Waals surface area contributed by atoms with Gasteiger partial charge in [-0.15, -0.1) is 24.8 Å². The Morgan fingerprint density at radius 3 is 2.00 bits per heavy atom. The third-order valence-electron chi connectivity index (χ3n) is 2.64. The van der Waals surface area contributed by atoms with E-state index in [9.17, 15) is 8.42 Å². The van der Waals surface area contributed by atoms with Gasteiger partial charge in [0.05, 0.1) is 4.90 Å². The Hall–Kier alpha value is -2.01. The second kappa shape index (κ2) is 9.98. The zero-order valence-corrected chi connectivity index (χ0v) is 15.3. The summed E-state index contributed by atoms with van der Waals surface area (Å²) < 4.78 is 26.9. The number of sulfonamides is 1. The number of rotatable bonds is 5. The Balaban J connectivity index is 0. The summed E-state index contributed by atoms with van der Waals surface area (Å²) in [6, 6.07) is 7.39. The van der Waals surface area contributed by atoms with Crippen LogP contribution in [0.3, 0.4) is 0 Å². The van der Waals surface area contributed by atoms with E-state index in [0.717, 1.165) is 0 Å².